The quantitative estimate of drug-likeness (QED) is 0.425. The van der Waals surface area contributed by atoms with Crippen LogP contribution in [0.3, 0.4) is 0 Å². The Hall–Kier alpha value is -1.28. The van der Waals surface area contributed by atoms with Gasteiger partial charge in [0.15, 0.2) is 0 Å². The number of rotatable bonds is 4. The lowest BCUT2D eigenvalue weighted by Crippen LogP contribution is -2.54. The van der Waals surface area contributed by atoms with Gasteiger partial charge in [0.1, 0.15) is 0 Å². The van der Waals surface area contributed by atoms with Crippen molar-refractivity contribution < 1.29 is 26.3 Å². The van der Waals surface area contributed by atoms with Gasteiger partial charge in [-0.05, 0) is 47.9 Å². The molecule has 0 unspecified atom stereocenters. The summed E-state index contributed by atoms with van der Waals surface area (Å²) in [6.07, 6.45) is -7.71. The number of alkyl halides is 6. The molecule has 2 rings (SSSR count). The van der Waals surface area contributed by atoms with Crippen molar-refractivity contribution in [1.29, 1.82) is 0 Å². The summed E-state index contributed by atoms with van der Waals surface area (Å²) < 4.78 is 83.3. The molecule has 8 heteroatoms. The van der Waals surface area contributed by atoms with Crippen LogP contribution in [0.2, 0.25) is 0 Å². The van der Waals surface area contributed by atoms with Gasteiger partial charge in [-0.2, -0.15) is 26.3 Å². The van der Waals surface area contributed by atoms with E-state index in [2.05, 4.69) is 0 Å². The Morgan fingerprint density at radius 2 is 0.840 bits per heavy atom. The van der Waals surface area contributed by atoms with Crippen LogP contribution in [0, 0.1) is 0 Å². The fourth-order valence-electron chi connectivity index (χ4n) is 2.66. The maximum Gasteiger partial charge on any atom is 0.411 e. The molecule has 0 nitrogen and oxygen atoms in total. The van der Waals surface area contributed by atoms with E-state index >= 15 is 0 Å². The van der Waals surface area contributed by atoms with Crippen molar-refractivity contribution in [2.24, 2.45) is 0 Å². The van der Waals surface area contributed by atoms with Crippen molar-refractivity contribution in [2.75, 3.05) is 12.5 Å². The highest BCUT2D eigenvalue weighted by Crippen LogP contribution is 2.56. The summed E-state index contributed by atoms with van der Waals surface area (Å²) in [4.78, 5) is 1.17. The van der Waals surface area contributed by atoms with Crippen LogP contribution in [-0.4, -0.2) is 24.9 Å². The molecule has 0 saturated heterocycles. The zero-order chi connectivity index (χ0) is 18.9. The molecule has 25 heavy (non-hydrogen) atoms. The van der Waals surface area contributed by atoms with Gasteiger partial charge in [-0.1, -0.05) is 24.3 Å². The average Bonchev–Trinajstić information content (AvgIpc) is 2.54. The van der Waals surface area contributed by atoms with Gasteiger partial charge in [0.25, 0.3) is 0 Å². The third-order valence-corrected chi connectivity index (χ3v) is 5.38. The van der Waals surface area contributed by atoms with Crippen molar-refractivity contribution in [3.05, 3.63) is 59.7 Å². The first-order chi connectivity index (χ1) is 11.6. The smallest absolute Gasteiger partial charge is 0.169 e. The first-order valence-corrected chi connectivity index (χ1v) is 9.45. The molecule has 0 aliphatic rings. The molecule has 0 radical (unpaired) electrons. The fraction of sp³-hybridized carbons (Fsp3) is 0.294. The molecule has 0 bridgehead atoms. The minimum atomic E-state index is -5.55. The zero-order valence-corrected chi connectivity index (χ0v) is 14.8. The molecule has 0 spiro atoms. The first kappa shape index (κ1) is 20.0. The van der Waals surface area contributed by atoms with Crippen LogP contribution in [0.5, 0.6) is 0 Å². The normalized spacial score (nSPS) is 13.1. The lowest BCUT2D eigenvalue weighted by molar-refractivity contribution is -0.288. The number of hydrogen-bond acceptors (Lipinski definition) is 2. The standard InChI is InChI=1S/C17H14F6S2/c1-24-13-7-3-11(4-8-13)15(16(18,19)20,17(21,22)23)12-5-9-14(25-2)10-6-12/h3-10H,1-2H3. The molecule has 0 amide bonds. The van der Waals surface area contributed by atoms with E-state index in [1.807, 2.05) is 0 Å². The predicted octanol–water partition coefficient (Wildman–Crippen LogP) is 6.54. The number of halogens is 6. The van der Waals surface area contributed by atoms with Gasteiger partial charge in [-0.3, -0.25) is 0 Å². The third-order valence-electron chi connectivity index (χ3n) is 3.90. The second kappa shape index (κ2) is 7.15. The Balaban J connectivity index is 2.80. The summed E-state index contributed by atoms with van der Waals surface area (Å²) in [7, 11) is 0. The van der Waals surface area contributed by atoms with Gasteiger partial charge in [-0.15, -0.1) is 23.5 Å². The number of hydrogen-bond donors (Lipinski definition) is 0. The van der Waals surface area contributed by atoms with Gasteiger partial charge in [0.05, 0.1) is 0 Å². The van der Waals surface area contributed by atoms with Crippen LogP contribution in [-0.2, 0) is 5.41 Å². The highest BCUT2D eigenvalue weighted by Gasteiger charge is 2.72. The van der Waals surface area contributed by atoms with E-state index in [1.165, 1.54) is 47.8 Å². The van der Waals surface area contributed by atoms with Crippen LogP contribution in [0.1, 0.15) is 11.1 Å². The highest BCUT2D eigenvalue weighted by atomic mass is 32.2. The Labute approximate surface area is 150 Å². The summed E-state index contributed by atoms with van der Waals surface area (Å²) in [5.41, 5.74) is -5.77. The first-order valence-electron chi connectivity index (χ1n) is 7.00. The lowest BCUT2D eigenvalue weighted by atomic mass is 9.73. The van der Waals surface area contributed by atoms with Crippen LogP contribution < -0.4 is 0 Å². The summed E-state index contributed by atoms with van der Waals surface area (Å²) >= 11 is 2.48. The summed E-state index contributed by atoms with van der Waals surface area (Å²) in [5.74, 6) is 0. The lowest BCUT2D eigenvalue weighted by Gasteiger charge is -2.38. The molecular weight excluding hydrogens is 382 g/mol. The molecular formula is C17H14F6S2. The van der Waals surface area contributed by atoms with Crippen LogP contribution in [0.25, 0.3) is 0 Å². The van der Waals surface area contributed by atoms with Crippen molar-refractivity contribution in [3.63, 3.8) is 0 Å². The molecule has 0 aliphatic carbocycles. The van der Waals surface area contributed by atoms with Gasteiger partial charge < -0.3 is 0 Å². The topological polar surface area (TPSA) is 0 Å². The number of thioether (sulfide) groups is 2. The second-order valence-electron chi connectivity index (χ2n) is 5.20. The maximum absolute atomic E-state index is 13.9. The van der Waals surface area contributed by atoms with Crippen molar-refractivity contribution >= 4 is 23.5 Å². The van der Waals surface area contributed by atoms with E-state index < -0.39 is 28.9 Å². The molecule has 2 aromatic rings. The Morgan fingerprint density at radius 3 is 1.04 bits per heavy atom. The van der Waals surface area contributed by atoms with E-state index in [4.69, 9.17) is 0 Å². The SMILES string of the molecule is CSc1ccc(C(c2ccc(SC)cc2)(C(F)(F)F)C(F)(F)F)cc1. The molecule has 0 N–H and O–H groups in total. The zero-order valence-electron chi connectivity index (χ0n) is 13.2. The highest BCUT2D eigenvalue weighted by molar-refractivity contribution is 7.98. The van der Waals surface area contributed by atoms with Crippen molar-refractivity contribution in [1.82, 2.24) is 0 Å². The van der Waals surface area contributed by atoms with Gasteiger partial charge in [0, 0.05) is 9.79 Å². The monoisotopic (exact) mass is 396 g/mol. The predicted molar refractivity (Wildman–Crippen MR) is 89.3 cm³/mol. The van der Waals surface area contributed by atoms with Crippen LogP contribution in [0.4, 0.5) is 26.3 Å². The Bertz CT molecular complexity index is 638. The van der Waals surface area contributed by atoms with Crippen LogP contribution >= 0.6 is 23.5 Å². The van der Waals surface area contributed by atoms with E-state index in [0.717, 1.165) is 24.3 Å². The van der Waals surface area contributed by atoms with Crippen molar-refractivity contribution in [3.8, 4) is 0 Å². The second-order valence-corrected chi connectivity index (χ2v) is 6.96. The molecule has 2 aromatic carbocycles. The summed E-state index contributed by atoms with van der Waals surface area (Å²) in [6.45, 7) is 0. The largest absolute Gasteiger partial charge is 0.411 e. The minimum Gasteiger partial charge on any atom is -0.169 e. The van der Waals surface area contributed by atoms with Gasteiger partial charge in [0.2, 0.25) is 5.41 Å². The molecule has 136 valence electrons. The van der Waals surface area contributed by atoms with E-state index in [-0.39, 0.29) is 0 Å². The third kappa shape index (κ3) is 3.51. The molecule has 0 atom stereocenters. The van der Waals surface area contributed by atoms with Gasteiger partial charge >= 0.3 is 12.4 Å². The summed E-state index contributed by atoms with van der Waals surface area (Å²) in [5, 5.41) is 0. The molecule has 0 saturated carbocycles. The molecule has 0 heterocycles. The Morgan fingerprint density at radius 1 is 0.560 bits per heavy atom. The fourth-order valence-corrected chi connectivity index (χ4v) is 3.48. The average molecular weight is 396 g/mol. The molecule has 0 aliphatic heterocycles. The van der Waals surface area contributed by atoms with E-state index in [9.17, 15) is 26.3 Å². The minimum absolute atomic E-state index is 0.583. The molecule has 0 aromatic heterocycles. The van der Waals surface area contributed by atoms with Crippen molar-refractivity contribution in [2.45, 2.75) is 27.6 Å². The molecule has 0 fully saturated rings. The number of benzene rings is 2. The Kier molecular flexibility index (Phi) is 5.73. The van der Waals surface area contributed by atoms with E-state index in [1.54, 1.807) is 12.5 Å². The maximum atomic E-state index is 13.9. The van der Waals surface area contributed by atoms with E-state index in [0.29, 0.717) is 9.79 Å². The summed E-state index contributed by atoms with van der Waals surface area (Å²) in [6, 6.07) is 8.66. The van der Waals surface area contributed by atoms with Crippen LogP contribution in [0.15, 0.2) is 58.3 Å². The van der Waals surface area contributed by atoms with Gasteiger partial charge in [-0.25, -0.2) is 0 Å².